The Bertz CT molecular complexity index is 157. The average Bonchev–Trinajstić information content (AvgIpc) is 2.17. The quantitative estimate of drug-likeness (QED) is 0.493. The third-order valence-electron chi connectivity index (χ3n) is 4.37. The first-order valence-corrected chi connectivity index (χ1v) is 7.40. The molecule has 0 aliphatic rings. The van der Waals surface area contributed by atoms with E-state index in [4.69, 9.17) is 0 Å². The summed E-state index contributed by atoms with van der Waals surface area (Å²) in [6, 6.07) is 0. The predicted octanol–water partition coefficient (Wildman–Crippen LogP) is 5.77. The van der Waals surface area contributed by atoms with Crippen molar-refractivity contribution in [1.29, 1.82) is 0 Å². The van der Waals surface area contributed by atoms with Crippen LogP contribution in [0.2, 0.25) is 0 Å². The largest absolute Gasteiger partial charge is 0.0651 e. The van der Waals surface area contributed by atoms with E-state index in [1.54, 1.807) is 0 Å². The van der Waals surface area contributed by atoms with Crippen molar-refractivity contribution in [1.82, 2.24) is 0 Å². The second-order valence-electron chi connectivity index (χ2n) is 6.48. The molecule has 0 heteroatoms. The number of hydrogen-bond donors (Lipinski definition) is 0. The Labute approximate surface area is 104 Å². The maximum Gasteiger partial charge on any atom is -0.0363 e. The third kappa shape index (κ3) is 5.92. The standard InChI is InChI=1S/C16H34/c1-8-16(15(7)13(4)5)14(6)11-9-10-12(2)3/h12-16H,8-11H2,1-7H3. The zero-order chi connectivity index (χ0) is 12.7. The van der Waals surface area contributed by atoms with E-state index in [0.29, 0.717) is 0 Å². The van der Waals surface area contributed by atoms with Crippen LogP contribution in [0, 0.1) is 29.6 Å². The van der Waals surface area contributed by atoms with Gasteiger partial charge in [0.25, 0.3) is 0 Å². The molecule has 3 atom stereocenters. The molecule has 0 spiro atoms. The Kier molecular flexibility index (Phi) is 8.14. The van der Waals surface area contributed by atoms with Crippen molar-refractivity contribution in [3.63, 3.8) is 0 Å². The van der Waals surface area contributed by atoms with Gasteiger partial charge in [-0.05, 0) is 29.6 Å². The van der Waals surface area contributed by atoms with Crippen LogP contribution in [0.3, 0.4) is 0 Å². The van der Waals surface area contributed by atoms with Gasteiger partial charge in [-0.15, -0.1) is 0 Å². The molecule has 0 aliphatic heterocycles. The van der Waals surface area contributed by atoms with Crippen molar-refractivity contribution in [2.45, 2.75) is 74.1 Å². The molecule has 0 saturated heterocycles. The summed E-state index contributed by atoms with van der Waals surface area (Å²) in [5, 5.41) is 0. The van der Waals surface area contributed by atoms with E-state index in [2.05, 4.69) is 48.5 Å². The van der Waals surface area contributed by atoms with E-state index in [1.807, 2.05) is 0 Å². The van der Waals surface area contributed by atoms with Crippen LogP contribution in [-0.4, -0.2) is 0 Å². The summed E-state index contributed by atoms with van der Waals surface area (Å²) in [5.74, 6) is 4.40. The molecule has 0 rings (SSSR count). The highest BCUT2D eigenvalue weighted by Gasteiger charge is 2.23. The van der Waals surface area contributed by atoms with Crippen molar-refractivity contribution in [2.24, 2.45) is 29.6 Å². The minimum absolute atomic E-state index is 0.831. The van der Waals surface area contributed by atoms with E-state index in [9.17, 15) is 0 Å². The molecule has 0 aromatic rings. The van der Waals surface area contributed by atoms with Crippen molar-refractivity contribution in [2.75, 3.05) is 0 Å². The number of rotatable bonds is 8. The fourth-order valence-corrected chi connectivity index (χ4v) is 2.85. The van der Waals surface area contributed by atoms with E-state index in [-0.39, 0.29) is 0 Å². The first-order valence-electron chi connectivity index (χ1n) is 7.40. The summed E-state index contributed by atoms with van der Waals surface area (Å²) in [7, 11) is 0. The van der Waals surface area contributed by atoms with Crippen LogP contribution >= 0.6 is 0 Å². The third-order valence-corrected chi connectivity index (χ3v) is 4.37. The predicted molar refractivity (Wildman–Crippen MR) is 75.6 cm³/mol. The summed E-state index contributed by atoms with van der Waals surface area (Å²) in [6.45, 7) is 16.7. The summed E-state index contributed by atoms with van der Waals surface area (Å²) >= 11 is 0. The Balaban J connectivity index is 4.05. The first-order chi connectivity index (χ1) is 7.40. The second-order valence-corrected chi connectivity index (χ2v) is 6.48. The van der Waals surface area contributed by atoms with E-state index in [0.717, 1.165) is 29.6 Å². The van der Waals surface area contributed by atoms with Crippen LogP contribution < -0.4 is 0 Å². The molecule has 0 amide bonds. The maximum atomic E-state index is 2.47. The Morgan fingerprint density at radius 3 is 1.75 bits per heavy atom. The Hall–Kier alpha value is 0. The molecule has 16 heavy (non-hydrogen) atoms. The summed E-state index contributed by atoms with van der Waals surface area (Å²) in [6.07, 6.45) is 5.59. The van der Waals surface area contributed by atoms with Gasteiger partial charge in [-0.2, -0.15) is 0 Å². The zero-order valence-electron chi connectivity index (χ0n) is 12.7. The van der Waals surface area contributed by atoms with Gasteiger partial charge in [-0.25, -0.2) is 0 Å². The van der Waals surface area contributed by atoms with E-state index >= 15 is 0 Å². The molecule has 0 heterocycles. The molecule has 0 fully saturated rings. The van der Waals surface area contributed by atoms with Gasteiger partial charge in [-0.3, -0.25) is 0 Å². The fraction of sp³-hybridized carbons (Fsp3) is 1.00. The van der Waals surface area contributed by atoms with Crippen LogP contribution in [0.4, 0.5) is 0 Å². The maximum absolute atomic E-state index is 2.47. The highest BCUT2D eigenvalue weighted by molar-refractivity contribution is 4.73. The molecule has 0 N–H and O–H groups in total. The minimum Gasteiger partial charge on any atom is -0.0651 e. The van der Waals surface area contributed by atoms with Crippen LogP contribution in [0.15, 0.2) is 0 Å². The van der Waals surface area contributed by atoms with Gasteiger partial charge in [0.15, 0.2) is 0 Å². The van der Waals surface area contributed by atoms with Gasteiger partial charge in [0, 0.05) is 0 Å². The molecule has 0 radical (unpaired) electrons. The van der Waals surface area contributed by atoms with Gasteiger partial charge in [0.2, 0.25) is 0 Å². The first kappa shape index (κ1) is 16.0. The highest BCUT2D eigenvalue weighted by atomic mass is 14.3. The minimum atomic E-state index is 0.831. The van der Waals surface area contributed by atoms with Crippen LogP contribution in [0.1, 0.15) is 74.1 Å². The van der Waals surface area contributed by atoms with Crippen LogP contribution in [0.25, 0.3) is 0 Å². The molecular formula is C16H34. The molecule has 0 aromatic heterocycles. The number of hydrogen-bond acceptors (Lipinski definition) is 0. The van der Waals surface area contributed by atoms with Gasteiger partial charge < -0.3 is 0 Å². The van der Waals surface area contributed by atoms with Gasteiger partial charge >= 0.3 is 0 Å². The molecule has 98 valence electrons. The summed E-state index contributed by atoms with van der Waals surface area (Å²) in [4.78, 5) is 0. The second kappa shape index (κ2) is 8.14. The molecule has 0 aromatic carbocycles. The lowest BCUT2D eigenvalue weighted by Gasteiger charge is -2.31. The van der Waals surface area contributed by atoms with Crippen molar-refractivity contribution >= 4 is 0 Å². The lowest BCUT2D eigenvalue weighted by Crippen LogP contribution is -2.23. The fourth-order valence-electron chi connectivity index (χ4n) is 2.85. The molecule has 0 bridgehead atoms. The van der Waals surface area contributed by atoms with Crippen LogP contribution in [0.5, 0.6) is 0 Å². The molecular weight excluding hydrogens is 192 g/mol. The smallest absolute Gasteiger partial charge is 0.0363 e. The van der Waals surface area contributed by atoms with Gasteiger partial charge in [-0.1, -0.05) is 74.1 Å². The molecule has 3 unspecified atom stereocenters. The highest BCUT2D eigenvalue weighted by Crippen LogP contribution is 2.32. The van der Waals surface area contributed by atoms with Crippen molar-refractivity contribution in [3.8, 4) is 0 Å². The Morgan fingerprint density at radius 2 is 1.38 bits per heavy atom. The molecule has 0 nitrogen and oxygen atoms in total. The summed E-state index contributed by atoms with van der Waals surface area (Å²) < 4.78 is 0. The summed E-state index contributed by atoms with van der Waals surface area (Å²) in [5.41, 5.74) is 0. The van der Waals surface area contributed by atoms with Gasteiger partial charge in [0.1, 0.15) is 0 Å². The molecule has 0 saturated carbocycles. The van der Waals surface area contributed by atoms with Crippen molar-refractivity contribution in [3.05, 3.63) is 0 Å². The van der Waals surface area contributed by atoms with Crippen molar-refractivity contribution < 1.29 is 0 Å². The van der Waals surface area contributed by atoms with E-state index < -0.39 is 0 Å². The zero-order valence-corrected chi connectivity index (χ0v) is 12.7. The van der Waals surface area contributed by atoms with Crippen LogP contribution in [-0.2, 0) is 0 Å². The van der Waals surface area contributed by atoms with E-state index in [1.165, 1.54) is 25.7 Å². The topological polar surface area (TPSA) is 0 Å². The average molecular weight is 226 g/mol. The Morgan fingerprint density at radius 1 is 0.812 bits per heavy atom. The van der Waals surface area contributed by atoms with Gasteiger partial charge in [0.05, 0.1) is 0 Å². The SMILES string of the molecule is CCC(C(C)CCCC(C)C)C(C)C(C)C. The normalized spacial score (nSPS) is 17.8. The monoisotopic (exact) mass is 226 g/mol. The molecule has 0 aliphatic carbocycles. The lowest BCUT2D eigenvalue weighted by atomic mass is 9.74. The lowest BCUT2D eigenvalue weighted by molar-refractivity contribution is 0.185.